The Morgan fingerprint density at radius 3 is 1.75 bits per heavy atom. The summed E-state index contributed by atoms with van der Waals surface area (Å²) in [6, 6.07) is 37.3. The highest BCUT2D eigenvalue weighted by Gasteiger charge is 2.19. The molecule has 0 aliphatic carbocycles. The molecule has 0 spiro atoms. The quantitative estimate of drug-likeness (QED) is 0.325. The van der Waals surface area contributed by atoms with E-state index in [4.69, 9.17) is 15.0 Å². The van der Waals surface area contributed by atoms with Gasteiger partial charge in [0.25, 0.3) is 0 Å². The average molecular weight is 466 g/mol. The zero-order valence-corrected chi connectivity index (χ0v) is 19.1. The van der Waals surface area contributed by atoms with Gasteiger partial charge in [0.05, 0.1) is 16.6 Å². The third kappa shape index (κ3) is 3.12. The first-order valence-electron chi connectivity index (χ1n) is 11.7. The monoisotopic (exact) mass is 465 g/mol. The number of rotatable bonds is 3. The number of hydrogen-bond donors (Lipinski definition) is 0. The molecular formula is C30H19N5O. The van der Waals surface area contributed by atoms with Crippen molar-refractivity contribution in [3.05, 3.63) is 126 Å². The molecule has 3 aromatic heterocycles. The SMILES string of the molecule is O=c1n(-c2nc(-c3ccccc3)nc(-c3ccccc3)n2)c2ccccc2c2cc3ccccc3n12. The summed E-state index contributed by atoms with van der Waals surface area (Å²) in [5, 5.41) is 1.94. The molecule has 36 heavy (non-hydrogen) atoms. The fraction of sp³-hybridized carbons (Fsp3) is 0. The highest BCUT2D eigenvalue weighted by Crippen LogP contribution is 2.27. The molecule has 0 atom stereocenters. The maximum Gasteiger partial charge on any atom is 0.340 e. The van der Waals surface area contributed by atoms with Crippen LogP contribution in [0.1, 0.15) is 0 Å². The summed E-state index contributed by atoms with van der Waals surface area (Å²) in [6.07, 6.45) is 0. The van der Waals surface area contributed by atoms with Gasteiger partial charge in [-0.25, -0.2) is 14.3 Å². The molecular weight excluding hydrogens is 446 g/mol. The number of para-hydroxylation sites is 2. The summed E-state index contributed by atoms with van der Waals surface area (Å²) in [4.78, 5) is 28.5. The number of nitrogens with zero attached hydrogens (tertiary/aromatic N) is 5. The maximum absolute atomic E-state index is 14.1. The predicted molar refractivity (Wildman–Crippen MR) is 142 cm³/mol. The summed E-state index contributed by atoms with van der Waals surface area (Å²) in [7, 11) is 0. The summed E-state index contributed by atoms with van der Waals surface area (Å²) in [5.74, 6) is 1.30. The molecule has 170 valence electrons. The van der Waals surface area contributed by atoms with E-state index in [0.29, 0.717) is 11.6 Å². The van der Waals surface area contributed by atoms with Crippen LogP contribution in [0, 0.1) is 0 Å². The van der Waals surface area contributed by atoms with Crippen molar-refractivity contribution in [2.45, 2.75) is 0 Å². The van der Waals surface area contributed by atoms with Crippen molar-refractivity contribution in [3.63, 3.8) is 0 Å². The smallest absolute Gasteiger partial charge is 0.261 e. The summed E-state index contributed by atoms with van der Waals surface area (Å²) < 4.78 is 3.33. The Morgan fingerprint density at radius 1 is 0.528 bits per heavy atom. The van der Waals surface area contributed by atoms with Crippen LogP contribution in [0.15, 0.2) is 120 Å². The summed E-state index contributed by atoms with van der Waals surface area (Å²) in [6.45, 7) is 0. The van der Waals surface area contributed by atoms with Crippen molar-refractivity contribution in [2.75, 3.05) is 0 Å². The van der Waals surface area contributed by atoms with Gasteiger partial charge < -0.3 is 0 Å². The second kappa shape index (κ2) is 7.99. The fourth-order valence-corrected chi connectivity index (χ4v) is 4.74. The average Bonchev–Trinajstić information content (AvgIpc) is 3.34. The van der Waals surface area contributed by atoms with E-state index in [2.05, 4.69) is 6.07 Å². The van der Waals surface area contributed by atoms with E-state index in [1.165, 1.54) is 0 Å². The van der Waals surface area contributed by atoms with Crippen molar-refractivity contribution >= 4 is 27.3 Å². The van der Waals surface area contributed by atoms with Crippen molar-refractivity contribution in [3.8, 4) is 28.7 Å². The molecule has 0 saturated carbocycles. The largest absolute Gasteiger partial charge is 0.340 e. The Kier molecular flexibility index (Phi) is 4.50. The van der Waals surface area contributed by atoms with Gasteiger partial charge in [0.2, 0.25) is 5.95 Å². The molecule has 4 aromatic carbocycles. The van der Waals surface area contributed by atoms with Crippen LogP contribution in [-0.4, -0.2) is 23.9 Å². The lowest BCUT2D eigenvalue weighted by Gasteiger charge is -2.13. The zero-order chi connectivity index (χ0) is 24.1. The van der Waals surface area contributed by atoms with Gasteiger partial charge in [0.1, 0.15) is 0 Å². The van der Waals surface area contributed by atoms with Crippen molar-refractivity contribution in [1.29, 1.82) is 0 Å². The zero-order valence-electron chi connectivity index (χ0n) is 19.1. The topological polar surface area (TPSA) is 65.1 Å². The van der Waals surface area contributed by atoms with E-state index in [0.717, 1.165) is 38.4 Å². The minimum atomic E-state index is -0.228. The third-order valence-corrected chi connectivity index (χ3v) is 6.40. The normalized spacial score (nSPS) is 11.4. The molecule has 7 rings (SSSR count). The number of hydrogen-bond acceptors (Lipinski definition) is 4. The lowest BCUT2D eigenvalue weighted by atomic mass is 10.2. The first kappa shape index (κ1) is 20.3. The van der Waals surface area contributed by atoms with Gasteiger partial charge in [-0.1, -0.05) is 97.1 Å². The van der Waals surface area contributed by atoms with Crippen LogP contribution < -0.4 is 5.69 Å². The number of aromatic nitrogens is 5. The van der Waals surface area contributed by atoms with Gasteiger partial charge in [-0.15, -0.1) is 0 Å². The van der Waals surface area contributed by atoms with Crippen LogP contribution in [-0.2, 0) is 0 Å². The molecule has 0 saturated heterocycles. The van der Waals surface area contributed by atoms with E-state index in [-0.39, 0.29) is 11.6 Å². The van der Waals surface area contributed by atoms with Crippen LogP contribution in [0.5, 0.6) is 0 Å². The number of fused-ring (bicyclic) bond motifs is 5. The summed E-state index contributed by atoms with van der Waals surface area (Å²) in [5.41, 5.74) is 3.91. The molecule has 0 aliphatic heterocycles. The van der Waals surface area contributed by atoms with E-state index in [1.54, 1.807) is 8.97 Å². The van der Waals surface area contributed by atoms with Crippen LogP contribution in [0.4, 0.5) is 0 Å². The van der Waals surface area contributed by atoms with Gasteiger partial charge in [-0.05, 0) is 18.2 Å². The fourth-order valence-electron chi connectivity index (χ4n) is 4.74. The Bertz CT molecular complexity index is 1900. The second-order valence-corrected chi connectivity index (χ2v) is 8.57. The van der Waals surface area contributed by atoms with Crippen LogP contribution in [0.2, 0.25) is 0 Å². The van der Waals surface area contributed by atoms with Gasteiger partial charge in [0, 0.05) is 21.9 Å². The molecule has 6 nitrogen and oxygen atoms in total. The van der Waals surface area contributed by atoms with Gasteiger partial charge >= 0.3 is 5.69 Å². The molecule has 0 radical (unpaired) electrons. The van der Waals surface area contributed by atoms with Crippen LogP contribution in [0.3, 0.4) is 0 Å². The molecule has 0 N–H and O–H groups in total. The molecule has 3 heterocycles. The maximum atomic E-state index is 14.1. The molecule has 0 aliphatic rings. The molecule has 0 fully saturated rings. The van der Waals surface area contributed by atoms with E-state index < -0.39 is 0 Å². The van der Waals surface area contributed by atoms with Crippen LogP contribution in [0.25, 0.3) is 56.0 Å². The molecule has 0 amide bonds. The van der Waals surface area contributed by atoms with Crippen molar-refractivity contribution in [1.82, 2.24) is 23.9 Å². The first-order chi connectivity index (χ1) is 17.8. The molecule has 0 unspecified atom stereocenters. The first-order valence-corrected chi connectivity index (χ1v) is 11.7. The number of benzene rings is 4. The standard InChI is InChI=1S/C30H19N5O/c36-30-34-24-17-9-7-15-22(24)19-26(34)23-16-8-10-18-25(23)35(30)29-32-27(20-11-3-1-4-12-20)31-28(33-29)21-13-5-2-6-14-21/h1-19H. The van der Waals surface area contributed by atoms with E-state index >= 15 is 0 Å². The minimum absolute atomic E-state index is 0.228. The van der Waals surface area contributed by atoms with Gasteiger partial charge in [0.15, 0.2) is 11.6 Å². The lowest BCUT2D eigenvalue weighted by Crippen LogP contribution is -2.27. The minimum Gasteiger partial charge on any atom is -0.261 e. The summed E-state index contributed by atoms with van der Waals surface area (Å²) >= 11 is 0. The predicted octanol–water partition coefficient (Wildman–Crippen LogP) is 5.92. The van der Waals surface area contributed by atoms with Crippen molar-refractivity contribution in [2.24, 2.45) is 0 Å². The van der Waals surface area contributed by atoms with Crippen molar-refractivity contribution < 1.29 is 0 Å². The Hall–Kier alpha value is -5.10. The second-order valence-electron chi connectivity index (χ2n) is 8.57. The Morgan fingerprint density at radius 2 is 1.08 bits per heavy atom. The van der Waals surface area contributed by atoms with Gasteiger partial charge in [-0.3, -0.25) is 4.40 Å². The molecule has 0 bridgehead atoms. The highest BCUT2D eigenvalue weighted by molar-refractivity contribution is 6.01. The molecule has 7 aromatic rings. The third-order valence-electron chi connectivity index (χ3n) is 6.40. The Labute approximate surface area is 205 Å². The van der Waals surface area contributed by atoms with E-state index in [9.17, 15) is 4.79 Å². The lowest BCUT2D eigenvalue weighted by molar-refractivity contribution is 0.853. The van der Waals surface area contributed by atoms with Gasteiger partial charge in [-0.2, -0.15) is 9.97 Å². The van der Waals surface area contributed by atoms with Crippen LogP contribution >= 0.6 is 0 Å². The highest BCUT2D eigenvalue weighted by atomic mass is 16.1. The Balaban J connectivity index is 1.62. The molecule has 6 heteroatoms. The van der Waals surface area contributed by atoms with E-state index in [1.807, 2.05) is 109 Å².